The number of nitrogens with zero attached hydrogens (tertiary/aromatic N) is 1. The Morgan fingerprint density at radius 3 is 2.24 bits per heavy atom. The molecular weight excluding hydrogens is 226 g/mol. The fourth-order valence-corrected chi connectivity index (χ4v) is 1.37. The fourth-order valence-electron chi connectivity index (χ4n) is 1.37. The number of hydrogen-bond donors (Lipinski definition) is 1. The predicted octanol–water partition coefficient (Wildman–Crippen LogP) is 2.49. The van der Waals surface area contributed by atoms with Crippen molar-refractivity contribution in [2.24, 2.45) is 0 Å². The molecule has 0 fully saturated rings. The van der Waals surface area contributed by atoms with E-state index in [1.54, 1.807) is 0 Å². The van der Waals surface area contributed by atoms with E-state index in [0.717, 1.165) is 18.6 Å². The molecule has 0 unspecified atom stereocenters. The average Bonchev–Trinajstić information content (AvgIpc) is 2.26. The Hall–Kier alpha value is -1.65. The minimum atomic E-state index is -0.747. The second kappa shape index (κ2) is 5.61. The van der Waals surface area contributed by atoms with Crippen molar-refractivity contribution in [3.05, 3.63) is 29.3 Å². The molecule has 0 radical (unpaired) electrons. The van der Waals surface area contributed by atoms with E-state index in [1.807, 2.05) is 6.92 Å². The highest BCUT2D eigenvalue weighted by Crippen LogP contribution is 2.21. The molecule has 3 nitrogen and oxygen atoms in total. The van der Waals surface area contributed by atoms with Crippen molar-refractivity contribution in [2.75, 3.05) is 26.0 Å². The van der Waals surface area contributed by atoms with Gasteiger partial charge in [-0.25, -0.2) is 8.78 Å². The first kappa shape index (κ1) is 13.4. The first-order valence-electron chi connectivity index (χ1n) is 5.42. The van der Waals surface area contributed by atoms with Gasteiger partial charge in [0.2, 0.25) is 0 Å². The number of amides is 1. The van der Waals surface area contributed by atoms with Gasteiger partial charge in [-0.2, -0.15) is 0 Å². The van der Waals surface area contributed by atoms with Crippen LogP contribution in [0.2, 0.25) is 0 Å². The van der Waals surface area contributed by atoms with E-state index in [2.05, 4.69) is 5.32 Å². The molecule has 17 heavy (non-hydrogen) atoms. The third kappa shape index (κ3) is 3.15. The zero-order valence-electron chi connectivity index (χ0n) is 10.2. The SMILES string of the molecule is CCCNc1c(F)cc(C(=O)N(C)C)cc1F. The van der Waals surface area contributed by atoms with E-state index in [0.29, 0.717) is 6.54 Å². The second-order valence-corrected chi connectivity index (χ2v) is 3.94. The van der Waals surface area contributed by atoms with Gasteiger partial charge in [0.1, 0.15) is 17.3 Å². The van der Waals surface area contributed by atoms with Crippen molar-refractivity contribution in [1.82, 2.24) is 4.90 Å². The highest BCUT2D eigenvalue weighted by atomic mass is 19.1. The van der Waals surface area contributed by atoms with Crippen molar-refractivity contribution < 1.29 is 13.6 Å². The quantitative estimate of drug-likeness (QED) is 0.879. The van der Waals surface area contributed by atoms with Gasteiger partial charge in [0.15, 0.2) is 0 Å². The zero-order valence-corrected chi connectivity index (χ0v) is 10.2. The molecule has 0 saturated heterocycles. The summed E-state index contributed by atoms with van der Waals surface area (Å²) in [7, 11) is 3.06. The Morgan fingerprint density at radius 1 is 1.29 bits per heavy atom. The van der Waals surface area contributed by atoms with Crippen molar-refractivity contribution in [2.45, 2.75) is 13.3 Å². The zero-order chi connectivity index (χ0) is 13.0. The summed E-state index contributed by atoms with van der Waals surface area (Å²) in [4.78, 5) is 12.8. The predicted molar refractivity (Wildman–Crippen MR) is 63.2 cm³/mol. The van der Waals surface area contributed by atoms with Crippen LogP contribution < -0.4 is 5.32 Å². The molecule has 0 heterocycles. The third-order valence-corrected chi connectivity index (χ3v) is 2.25. The Labute approximate surface area is 99.4 Å². The number of anilines is 1. The van der Waals surface area contributed by atoms with Gasteiger partial charge in [-0.1, -0.05) is 6.92 Å². The molecule has 5 heteroatoms. The smallest absolute Gasteiger partial charge is 0.253 e. The number of carbonyl (C=O) groups excluding carboxylic acids is 1. The molecule has 0 aliphatic rings. The van der Waals surface area contributed by atoms with Crippen LogP contribution in [0.3, 0.4) is 0 Å². The molecule has 0 spiro atoms. The minimum absolute atomic E-state index is 0.00653. The summed E-state index contributed by atoms with van der Waals surface area (Å²) < 4.78 is 27.2. The van der Waals surface area contributed by atoms with Gasteiger partial charge >= 0.3 is 0 Å². The fraction of sp³-hybridized carbons (Fsp3) is 0.417. The summed E-state index contributed by atoms with van der Waals surface area (Å²) in [6, 6.07) is 2.09. The summed E-state index contributed by atoms with van der Waals surface area (Å²) in [6.07, 6.45) is 0.761. The Kier molecular flexibility index (Phi) is 4.43. The van der Waals surface area contributed by atoms with Crippen molar-refractivity contribution >= 4 is 11.6 Å². The molecule has 0 atom stereocenters. The maximum Gasteiger partial charge on any atom is 0.253 e. The lowest BCUT2D eigenvalue weighted by Crippen LogP contribution is -2.22. The highest BCUT2D eigenvalue weighted by molar-refractivity contribution is 5.94. The molecule has 0 bridgehead atoms. The third-order valence-electron chi connectivity index (χ3n) is 2.25. The van der Waals surface area contributed by atoms with Crippen LogP contribution in [0, 0.1) is 11.6 Å². The molecule has 0 aliphatic heterocycles. The molecule has 0 aliphatic carbocycles. The Bertz CT molecular complexity index is 396. The molecule has 1 N–H and O–H groups in total. The highest BCUT2D eigenvalue weighted by Gasteiger charge is 2.15. The molecule has 1 amide bonds. The summed E-state index contributed by atoms with van der Waals surface area (Å²) in [5, 5.41) is 2.65. The van der Waals surface area contributed by atoms with E-state index in [1.165, 1.54) is 19.0 Å². The van der Waals surface area contributed by atoms with Crippen LogP contribution >= 0.6 is 0 Å². The van der Waals surface area contributed by atoms with Gasteiger partial charge in [-0.15, -0.1) is 0 Å². The number of carbonyl (C=O) groups is 1. The standard InChI is InChI=1S/C12H16F2N2O/c1-4-5-15-11-9(13)6-8(7-10(11)14)12(17)16(2)3/h6-7,15H,4-5H2,1-3H3. The van der Waals surface area contributed by atoms with Gasteiger partial charge in [0, 0.05) is 26.2 Å². The second-order valence-electron chi connectivity index (χ2n) is 3.94. The molecule has 1 aromatic carbocycles. The lowest BCUT2D eigenvalue weighted by Gasteiger charge is -2.13. The number of benzene rings is 1. The van der Waals surface area contributed by atoms with Crippen LogP contribution in [0.1, 0.15) is 23.7 Å². The van der Waals surface area contributed by atoms with Crippen LogP contribution in [0.15, 0.2) is 12.1 Å². The van der Waals surface area contributed by atoms with Gasteiger partial charge in [0.05, 0.1) is 0 Å². The van der Waals surface area contributed by atoms with Gasteiger partial charge in [-0.3, -0.25) is 4.79 Å². The van der Waals surface area contributed by atoms with Crippen LogP contribution in [-0.4, -0.2) is 31.4 Å². The van der Waals surface area contributed by atoms with Gasteiger partial charge in [-0.05, 0) is 18.6 Å². The number of halogens is 2. The van der Waals surface area contributed by atoms with Crippen LogP contribution in [0.4, 0.5) is 14.5 Å². The number of hydrogen-bond acceptors (Lipinski definition) is 2. The molecule has 0 saturated carbocycles. The first-order valence-corrected chi connectivity index (χ1v) is 5.42. The van der Waals surface area contributed by atoms with E-state index >= 15 is 0 Å². The largest absolute Gasteiger partial charge is 0.380 e. The van der Waals surface area contributed by atoms with Crippen molar-refractivity contribution in [3.63, 3.8) is 0 Å². The molecule has 1 aromatic rings. The van der Waals surface area contributed by atoms with Crippen LogP contribution in [-0.2, 0) is 0 Å². The number of nitrogens with one attached hydrogen (secondary N) is 1. The van der Waals surface area contributed by atoms with E-state index in [-0.39, 0.29) is 11.3 Å². The minimum Gasteiger partial charge on any atom is -0.380 e. The monoisotopic (exact) mass is 242 g/mol. The number of rotatable bonds is 4. The van der Waals surface area contributed by atoms with Crippen molar-refractivity contribution in [1.29, 1.82) is 0 Å². The molecule has 0 aromatic heterocycles. The first-order chi connectivity index (χ1) is 7.97. The average molecular weight is 242 g/mol. The summed E-state index contributed by atoms with van der Waals surface area (Å²) in [5.74, 6) is -1.92. The Balaban J connectivity index is 3.05. The van der Waals surface area contributed by atoms with Crippen molar-refractivity contribution in [3.8, 4) is 0 Å². The summed E-state index contributed by atoms with van der Waals surface area (Å²) >= 11 is 0. The van der Waals surface area contributed by atoms with E-state index < -0.39 is 17.5 Å². The van der Waals surface area contributed by atoms with Gasteiger partial charge in [0.25, 0.3) is 5.91 Å². The van der Waals surface area contributed by atoms with E-state index in [9.17, 15) is 13.6 Å². The lowest BCUT2D eigenvalue weighted by molar-refractivity contribution is 0.0826. The summed E-state index contributed by atoms with van der Waals surface area (Å²) in [6.45, 7) is 2.38. The molecule has 1 rings (SSSR count). The Morgan fingerprint density at radius 2 is 1.82 bits per heavy atom. The molecule has 94 valence electrons. The van der Waals surface area contributed by atoms with E-state index in [4.69, 9.17) is 0 Å². The maximum absolute atomic E-state index is 13.6. The lowest BCUT2D eigenvalue weighted by atomic mass is 10.1. The molecular formula is C12H16F2N2O. The normalized spacial score (nSPS) is 10.2. The summed E-state index contributed by atoms with van der Waals surface area (Å²) in [5.41, 5.74) is -0.172. The van der Waals surface area contributed by atoms with Gasteiger partial charge < -0.3 is 10.2 Å². The topological polar surface area (TPSA) is 32.3 Å². The maximum atomic E-state index is 13.6. The van der Waals surface area contributed by atoms with Crippen LogP contribution in [0.5, 0.6) is 0 Å². The van der Waals surface area contributed by atoms with Crippen LogP contribution in [0.25, 0.3) is 0 Å².